The second-order valence-corrected chi connectivity index (χ2v) is 6.82. The topological polar surface area (TPSA) is 32.3 Å². The zero-order valence-electron chi connectivity index (χ0n) is 11.9. The summed E-state index contributed by atoms with van der Waals surface area (Å²) in [5.74, 6) is 0.572. The highest BCUT2D eigenvalue weighted by Crippen LogP contribution is 2.59. The van der Waals surface area contributed by atoms with Crippen LogP contribution < -0.4 is 10.2 Å². The summed E-state index contributed by atoms with van der Waals surface area (Å²) in [6.07, 6.45) is 4.35. The lowest BCUT2D eigenvalue weighted by Gasteiger charge is -2.25. The van der Waals surface area contributed by atoms with Gasteiger partial charge in [-0.05, 0) is 61.9 Å². The van der Waals surface area contributed by atoms with Gasteiger partial charge in [0.15, 0.2) is 0 Å². The van der Waals surface area contributed by atoms with Crippen molar-refractivity contribution in [2.75, 3.05) is 24.5 Å². The van der Waals surface area contributed by atoms with E-state index in [4.69, 9.17) is 11.6 Å². The summed E-state index contributed by atoms with van der Waals surface area (Å²) < 4.78 is 0. The molecule has 1 aliphatic carbocycles. The van der Waals surface area contributed by atoms with Gasteiger partial charge >= 0.3 is 0 Å². The summed E-state index contributed by atoms with van der Waals surface area (Å²) in [5, 5.41) is 4.11. The Labute approximate surface area is 136 Å². The molecule has 1 atom stereocenters. The molecule has 3 nitrogen and oxygen atoms in total. The van der Waals surface area contributed by atoms with Crippen LogP contribution in [-0.2, 0) is 11.2 Å². The molecule has 0 radical (unpaired) electrons. The first-order valence-electron chi connectivity index (χ1n) is 7.50. The summed E-state index contributed by atoms with van der Waals surface area (Å²) in [6, 6.07) is 5.91. The quantitative estimate of drug-likeness (QED) is 0.860. The molecule has 1 aromatic rings. The fourth-order valence-corrected chi connectivity index (χ4v) is 4.11. The number of anilines is 1. The van der Waals surface area contributed by atoms with Gasteiger partial charge in [-0.2, -0.15) is 0 Å². The summed E-state index contributed by atoms with van der Waals surface area (Å²) in [5.41, 5.74) is 2.60. The Bertz CT molecular complexity index is 569. The molecule has 4 rings (SSSR count). The monoisotopic (exact) mass is 326 g/mol. The maximum absolute atomic E-state index is 12.8. The average Bonchev–Trinajstić information content (AvgIpc) is 2.97. The number of carbonyl (C=O) groups excluding carboxylic acids is 1. The summed E-state index contributed by atoms with van der Waals surface area (Å²) in [6.45, 7) is 2.94. The van der Waals surface area contributed by atoms with Gasteiger partial charge in [0.1, 0.15) is 0 Å². The lowest BCUT2D eigenvalue weighted by Crippen LogP contribution is -2.35. The Hall–Kier alpha value is -0.770. The lowest BCUT2D eigenvalue weighted by molar-refractivity contribution is -0.120. The van der Waals surface area contributed by atoms with Crippen LogP contribution in [0.4, 0.5) is 5.69 Å². The number of carbonyl (C=O) groups is 1. The Morgan fingerprint density at radius 1 is 1.33 bits per heavy atom. The van der Waals surface area contributed by atoms with E-state index in [0.29, 0.717) is 11.3 Å². The molecule has 1 N–H and O–H groups in total. The van der Waals surface area contributed by atoms with Crippen molar-refractivity contribution in [3.05, 3.63) is 28.8 Å². The molecule has 1 amide bonds. The van der Waals surface area contributed by atoms with Crippen LogP contribution in [0.2, 0.25) is 5.02 Å². The highest BCUT2D eigenvalue weighted by atomic mass is 35.5. The SMILES string of the molecule is Cl.O=C(C1CC12CCNCC2)N1CCc2ccc(Cl)cc21. The largest absolute Gasteiger partial charge is 0.317 e. The number of halogens is 2. The molecule has 114 valence electrons. The highest BCUT2D eigenvalue weighted by Gasteiger charge is 2.58. The summed E-state index contributed by atoms with van der Waals surface area (Å²) in [4.78, 5) is 14.8. The maximum Gasteiger partial charge on any atom is 0.230 e. The van der Waals surface area contributed by atoms with Crippen molar-refractivity contribution in [1.82, 2.24) is 5.32 Å². The van der Waals surface area contributed by atoms with Crippen molar-refractivity contribution >= 4 is 35.6 Å². The zero-order chi connectivity index (χ0) is 13.7. The zero-order valence-corrected chi connectivity index (χ0v) is 13.5. The molecule has 2 heterocycles. The van der Waals surface area contributed by atoms with E-state index in [1.807, 2.05) is 17.0 Å². The molecule has 1 aromatic carbocycles. The fraction of sp³-hybridized carbons (Fsp3) is 0.562. The number of amides is 1. The van der Waals surface area contributed by atoms with Crippen LogP contribution >= 0.6 is 24.0 Å². The van der Waals surface area contributed by atoms with E-state index in [-0.39, 0.29) is 18.3 Å². The maximum atomic E-state index is 12.8. The van der Waals surface area contributed by atoms with E-state index in [1.165, 1.54) is 5.56 Å². The van der Waals surface area contributed by atoms with Gasteiger partial charge in [-0.3, -0.25) is 4.79 Å². The van der Waals surface area contributed by atoms with Gasteiger partial charge in [0.2, 0.25) is 5.91 Å². The molecular weight excluding hydrogens is 307 g/mol. The van der Waals surface area contributed by atoms with Crippen LogP contribution in [-0.4, -0.2) is 25.5 Å². The van der Waals surface area contributed by atoms with Crippen molar-refractivity contribution < 1.29 is 4.79 Å². The van der Waals surface area contributed by atoms with Gasteiger partial charge in [-0.1, -0.05) is 17.7 Å². The van der Waals surface area contributed by atoms with E-state index in [9.17, 15) is 4.79 Å². The molecule has 1 saturated heterocycles. The van der Waals surface area contributed by atoms with Crippen LogP contribution in [0.15, 0.2) is 18.2 Å². The van der Waals surface area contributed by atoms with Gasteiger partial charge in [0.05, 0.1) is 0 Å². The van der Waals surface area contributed by atoms with Crippen LogP contribution in [0, 0.1) is 11.3 Å². The predicted octanol–water partition coefficient (Wildman–Crippen LogP) is 3.04. The van der Waals surface area contributed by atoms with E-state index in [2.05, 4.69) is 11.4 Å². The van der Waals surface area contributed by atoms with E-state index in [1.54, 1.807) is 0 Å². The molecule has 2 aliphatic heterocycles. The van der Waals surface area contributed by atoms with Gasteiger partial charge in [0, 0.05) is 23.2 Å². The van der Waals surface area contributed by atoms with E-state index < -0.39 is 0 Å². The number of rotatable bonds is 1. The van der Waals surface area contributed by atoms with Crippen LogP contribution in [0.5, 0.6) is 0 Å². The third kappa shape index (κ3) is 2.45. The number of hydrogen-bond acceptors (Lipinski definition) is 2. The molecule has 2 fully saturated rings. The molecule has 1 unspecified atom stereocenters. The summed E-state index contributed by atoms with van der Waals surface area (Å²) in [7, 11) is 0. The first-order valence-corrected chi connectivity index (χ1v) is 7.88. The summed E-state index contributed by atoms with van der Waals surface area (Å²) >= 11 is 6.08. The van der Waals surface area contributed by atoms with Crippen LogP contribution in [0.25, 0.3) is 0 Å². The normalized spacial score (nSPS) is 25.4. The first kappa shape index (κ1) is 15.1. The van der Waals surface area contributed by atoms with Crippen molar-refractivity contribution in [1.29, 1.82) is 0 Å². The second-order valence-electron chi connectivity index (χ2n) is 6.38. The molecule has 21 heavy (non-hydrogen) atoms. The smallest absolute Gasteiger partial charge is 0.230 e. The number of nitrogens with zero attached hydrogens (tertiary/aromatic N) is 1. The minimum Gasteiger partial charge on any atom is -0.317 e. The Balaban J connectivity index is 0.00000132. The molecule has 1 saturated carbocycles. The van der Waals surface area contributed by atoms with Gasteiger partial charge in [0.25, 0.3) is 0 Å². The number of fused-ring (bicyclic) bond motifs is 1. The third-order valence-corrected chi connectivity index (χ3v) is 5.53. The van der Waals surface area contributed by atoms with Crippen molar-refractivity contribution in [2.45, 2.75) is 25.7 Å². The van der Waals surface area contributed by atoms with E-state index >= 15 is 0 Å². The van der Waals surface area contributed by atoms with Crippen molar-refractivity contribution in [2.24, 2.45) is 11.3 Å². The molecular formula is C16H20Cl2N2O. The fourth-order valence-electron chi connectivity index (χ4n) is 3.94. The third-order valence-electron chi connectivity index (χ3n) is 5.30. The predicted molar refractivity (Wildman–Crippen MR) is 87.4 cm³/mol. The Kier molecular flexibility index (Phi) is 3.93. The number of benzene rings is 1. The average molecular weight is 327 g/mol. The van der Waals surface area contributed by atoms with Crippen LogP contribution in [0.3, 0.4) is 0 Å². The Morgan fingerprint density at radius 3 is 2.86 bits per heavy atom. The minimum atomic E-state index is 0. The number of nitrogens with one attached hydrogen (secondary N) is 1. The molecule has 5 heteroatoms. The van der Waals surface area contributed by atoms with Crippen molar-refractivity contribution in [3.63, 3.8) is 0 Å². The van der Waals surface area contributed by atoms with Gasteiger partial charge < -0.3 is 10.2 Å². The van der Waals surface area contributed by atoms with Crippen LogP contribution in [0.1, 0.15) is 24.8 Å². The van der Waals surface area contributed by atoms with E-state index in [0.717, 1.165) is 56.0 Å². The Morgan fingerprint density at radius 2 is 2.10 bits per heavy atom. The molecule has 0 bridgehead atoms. The number of hydrogen-bond donors (Lipinski definition) is 1. The number of piperidine rings is 1. The second kappa shape index (κ2) is 5.45. The molecule has 0 aromatic heterocycles. The van der Waals surface area contributed by atoms with Gasteiger partial charge in [-0.25, -0.2) is 0 Å². The first-order chi connectivity index (χ1) is 9.70. The molecule has 1 spiro atoms. The molecule has 3 aliphatic rings. The highest BCUT2D eigenvalue weighted by molar-refractivity contribution is 6.31. The standard InChI is InChI=1S/C16H19ClN2O.ClH/c17-12-2-1-11-3-8-19(14(11)9-12)15(20)13-10-16(13)4-6-18-7-5-16;/h1-2,9,13,18H,3-8,10H2;1H. The van der Waals surface area contributed by atoms with Gasteiger partial charge in [-0.15, -0.1) is 12.4 Å². The van der Waals surface area contributed by atoms with Crippen molar-refractivity contribution in [3.8, 4) is 0 Å². The lowest BCUT2D eigenvalue weighted by atomic mass is 9.91. The minimum absolute atomic E-state index is 0.